The molecule has 0 atom stereocenters. The lowest BCUT2D eigenvalue weighted by Gasteiger charge is -2.30. The van der Waals surface area contributed by atoms with E-state index >= 15 is 0 Å². The molecule has 1 fully saturated rings. The molecule has 1 saturated heterocycles. The van der Waals surface area contributed by atoms with Crippen molar-refractivity contribution < 1.29 is 18.0 Å². The molecule has 1 aliphatic heterocycles. The first-order valence-electron chi connectivity index (χ1n) is 4.27. The molecule has 0 aromatic rings. The monoisotopic (exact) mass is 195 g/mol. The van der Waals surface area contributed by atoms with Crippen LogP contribution >= 0.6 is 0 Å². The summed E-state index contributed by atoms with van der Waals surface area (Å²) < 4.78 is 35.8. The molecule has 2 nitrogen and oxygen atoms in total. The molecule has 0 radical (unpaired) electrons. The largest absolute Gasteiger partial charge is 0.471 e. The normalized spacial score (nSPS) is 20.5. The number of carbonyl (C=O) groups excluding carboxylic acids is 1. The average molecular weight is 195 g/mol. The minimum absolute atomic E-state index is 0.236. The summed E-state index contributed by atoms with van der Waals surface area (Å²) in [5.74, 6) is -1.27. The van der Waals surface area contributed by atoms with Crippen LogP contribution in [-0.2, 0) is 4.79 Å². The fourth-order valence-corrected chi connectivity index (χ4v) is 1.39. The molecule has 0 N–H and O–H groups in total. The van der Waals surface area contributed by atoms with Crippen LogP contribution in [0.25, 0.3) is 0 Å². The van der Waals surface area contributed by atoms with E-state index < -0.39 is 12.1 Å². The van der Waals surface area contributed by atoms with E-state index in [-0.39, 0.29) is 13.1 Å². The van der Waals surface area contributed by atoms with E-state index in [1.165, 1.54) is 0 Å². The van der Waals surface area contributed by atoms with Crippen LogP contribution in [0.3, 0.4) is 0 Å². The second-order valence-corrected chi connectivity index (χ2v) is 3.47. The summed E-state index contributed by atoms with van der Waals surface area (Å²) in [7, 11) is 0. The topological polar surface area (TPSA) is 20.3 Å². The Bertz CT molecular complexity index is 194. The van der Waals surface area contributed by atoms with E-state index in [9.17, 15) is 18.0 Å². The van der Waals surface area contributed by atoms with Crippen LogP contribution in [0.1, 0.15) is 19.8 Å². The van der Waals surface area contributed by atoms with E-state index in [4.69, 9.17) is 0 Å². The third kappa shape index (κ3) is 2.60. The van der Waals surface area contributed by atoms with Crippen LogP contribution in [0, 0.1) is 5.92 Å². The number of nitrogens with zero attached hydrogens (tertiary/aromatic N) is 1. The number of hydrogen-bond donors (Lipinski definition) is 0. The minimum Gasteiger partial charge on any atom is -0.335 e. The predicted molar refractivity (Wildman–Crippen MR) is 41.0 cm³/mol. The summed E-state index contributed by atoms with van der Waals surface area (Å²) in [6.45, 7) is 2.45. The average Bonchev–Trinajstić information content (AvgIpc) is 2.03. The number of carbonyl (C=O) groups is 1. The van der Waals surface area contributed by atoms with Crippen LogP contribution in [0.15, 0.2) is 0 Å². The van der Waals surface area contributed by atoms with E-state index in [1.807, 2.05) is 6.92 Å². The lowest BCUT2D eigenvalue weighted by atomic mass is 9.99. The van der Waals surface area contributed by atoms with Gasteiger partial charge in [-0.1, -0.05) is 6.92 Å². The Hall–Kier alpha value is -0.740. The number of hydrogen-bond acceptors (Lipinski definition) is 1. The Kier molecular flexibility index (Phi) is 2.83. The van der Waals surface area contributed by atoms with E-state index in [0.717, 1.165) is 4.90 Å². The molecule has 1 rings (SSSR count). The second-order valence-electron chi connectivity index (χ2n) is 3.47. The van der Waals surface area contributed by atoms with Gasteiger partial charge in [0.1, 0.15) is 0 Å². The first-order chi connectivity index (χ1) is 5.91. The quantitative estimate of drug-likeness (QED) is 0.577. The first-order valence-corrected chi connectivity index (χ1v) is 4.27. The summed E-state index contributed by atoms with van der Waals surface area (Å²) >= 11 is 0. The molecule has 0 aliphatic carbocycles. The summed E-state index contributed by atoms with van der Waals surface area (Å²) in [4.78, 5) is 11.6. The predicted octanol–water partition coefficient (Wildman–Crippen LogP) is 1.81. The zero-order valence-corrected chi connectivity index (χ0v) is 7.40. The van der Waals surface area contributed by atoms with Crippen molar-refractivity contribution in [2.75, 3.05) is 13.1 Å². The highest BCUT2D eigenvalue weighted by molar-refractivity contribution is 5.81. The van der Waals surface area contributed by atoms with E-state index in [1.54, 1.807) is 0 Å². The zero-order valence-electron chi connectivity index (χ0n) is 7.40. The summed E-state index contributed by atoms with van der Waals surface area (Å²) in [5.41, 5.74) is 0. The van der Waals surface area contributed by atoms with Gasteiger partial charge in [0.2, 0.25) is 0 Å². The van der Waals surface area contributed by atoms with Crippen LogP contribution < -0.4 is 0 Å². The Labute approximate surface area is 74.7 Å². The van der Waals surface area contributed by atoms with Gasteiger partial charge in [-0.2, -0.15) is 13.2 Å². The van der Waals surface area contributed by atoms with Crippen molar-refractivity contribution in [3.05, 3.63) is 0 Å². The van der Waals surface area contributed by atoms with E-state index in [2.05, 4.69) is 0 Å². The summed E-state index contributed by atoms with van der Waals surface area (Å²) in [5, 5.41) is 0. The van der Waals surface area contributed by atoms with Crippen molar-refractivity contribution in [3.8, 4) is 0 Å². The van der Waals surface area contributed by atoms with Crippen LogP contribution in [0.4, 0.5) is 13.2 Å². The molecule has 1 aliphatic rings. The Morgan fingerprint density at radius 2 is 1.77 bits per heavy atom. The SMILES string of the molecule is CC1CCN(C(=O)C(F)(F)F)CC1. The van der Waals surface area contributed by atoms with Gasteiger partial charge in [-0.15, -0.1) is 0 Å². The lowest BCUT2D eigenvalue weighted by molar-refractivity contribution is -0.186. The van der Waals surface area contributed by atoms with Gasteiger partial charge in [0, 0.05) is 13.1 Å². The molecule has 1 heterocycles. The fraction of sp³-hybridized carbons (Fsp3) is 0.875. The third-order valence-electron chi connectivity index (χ3n) is 2.31. The van der Waals surface area contributed by atoms with Gasteiger partial charge in [0.25, 0.3) is 0 Å². The molecule has 0 bridgehead atoms. The van der Waals surface area contributed by atoms with Gasteiger partial charge in [-0.05, 0) is 18.8 Å². The summed E-state index contributed by atoms with van der Waals surface area (Å²) in [6.07, 6.45) is -3.37. The smallest absolute Gasteiger partial charge is 0.335 e. The van der Waals surface area contributed by atoms with Crippen molar-refractivity contribution in [2.45, 2.75) is 25.9 Å². The van der Waals surface area contributed by atoms with Crippen molar-refractivity contribution in [1.82, 2.24) is 4.90 Å². The maximum atomic E-state index is 11.9. The molecule has 0 aromatic heterocycles. The maximum Gasteiger partial charge on any atom is 0.471 e. The molecule has 13 heavy (non-hydrogen) atoms. The van der Waals surface area contributed by atoms with Crippen LogP contribution in [-0.4, -0.2) is 30.1 Å². The third-order valence-corrected chi connectivity index (χ3v) is 2.31. The van der Waals surface area contributed by atoms with Gasteiger partial charge in [0.05, 0.1) is 0 Å². The van der Waals surface area contributed by atoms with Crippen molar-refractivity contribution in [2.24, 2.45) is 5.92 Å². The first kappa shape index (κ1) is 10.3. The van der Waals surface area contributed by atoms with Crippen molar-refractivity contribution in [3.63, 3.8) is 0 Å². The molecule has 0 saturated carbocycles. The fourth-order valence-electron chi connectivity index (χ4n) is 1.39. The molecule has 0 aromatic carbocycles. The molecule has 0 spiro atoms. The molecule has 0 unspecified atom stereocenters. The molecule has 5 heteroatoms. The van der Waals surface area contributed by atoms with Crippen LogP contribution in [0.2, 0.25) is 0 Å². The molecular weight excluding hydrogens is 183 g/mol. The minimum atomic E-state index is -4.71. The second kappa shape index (κ2) is 3.55. The number of alkyl halides is 3. The molecule has 76 valence electrons. The van der Waals surface area contributed by atoms with Gasteiger partial charge < -0.3 is 4.90 Å². The lowest BCUT2D eigenvalue weighted by Crippen LogP contribution is -2.45. The van der Waals surface area contributed by atoms with Gasteiger partial charge in [-0.25, -0.2) is 0 Å². The maximum absolute atomic E-state index is 11.9. The van der Waals surface area contributed by atoms with Gasteiger partial charge >= 0.3 is 12.1 Å². The van der Waals surface area contributed by atoms with Gasteiger partial charge in [-0.3, -0.25) is 4.79 Å². The molecule has 1 amide bonds. The van der Waals surface area contributed by atoms with E-state index in [0.29, 0.717) is 18.8 Å². The number of rotatable bonds is 0. The Morgan fingerprint density at radius 3 is 2.15 bits per heavy atom. The molecular formula is C8H12F3NO. The highest BCUT2D eigenvalue weighted by Gasteiger charge is 2.42. The number of likely N-dealkylation sites (tertiary alicyclic amines) is 1. The number of amides is 1. The number of piperidine rings is 1. The van der Waals surface area contributed by atoms with Crippen molar-refractivity contribution >= 4 is 5.91 Å². The van der Waals surface area contributed by atoms with Crippen LogP contribution in [0.5, 0.6) is 0 Å². The summed E-state index contributed by atoms with van der Waals surface area (Å²) in [6, 6.07) is 0. The Morgan fingerprint density at radius 1 is 1.31 bits per heavy atom. The van der Waals surface area contributed by atoms with Crippen molar-refractivity contribution in [1.29, 1.82) is 0 Å². The number of halogens is 3. The highest BCUT2D eigenvalue weighted by Crippen LogP contribution is 2.23. The highest BCUT2D eigenvalue weighted by atomic mass is 19.4. The van der Waals surface area contributed by atoms with Gasteiger partial charge in [0.15, 0.2) is 0 Å². The zero-order chi connectivity index (χ0) is 10.1. The standard InChI is InChI=1S/C8H12F3NO/c1-6-2-4-12(5-3-6)7(13)8(9,10)11/h6H,2-5H2,1H3. The Balaban J connectivity index is 2.50.